The van der Waals surface area contributed by atoms with Gasteiger partial charge >= 0.3 is 0 Å². The van der Waals surface area contributed by atoms with Crippen molar-refractivity contribution >= 4 is 11.0 Å². The van der Waals surface area contributed by atoms with Crippen molar-refractivity contribution in [3.8, 4) is 17.2 Å². The van der Waals surface area contributed by atoms with Crippen LogP contribution in [0.15, 0.2) is 39.5 Å². The maximum absolute atomic E-state index is 12.7. The van der Waals surface area contributed by atoms with Crippen LogP contribution in [0.25, 0.3) is 22.5 Å². The van der Waals surface area contributed by atoms with Gasteiger partial charge in [-0.2, -0.15) is 5.10 Å². The standard InChI is InChI=1S/C21H22N4O3/c1-12-10-18(26)25(21-19(12)13(2)23-24(21)4)11-17-14(3)28-20(22-17)15-6-8-16(27-5)9-7-15/h6-10H,11H2,1-5H3. The van der Waals surface area contributed by atoms with Crippen LogP contribution in [0.3, 0.4) is 0 Å². The SMILES string of the molecule is COc1ccc(-c2nc(Cn3c(=O)cc(C)c4c(C)nn(C)c43)c(C)o2)cc1. The molecule has 1 aromatic carbocycles. The average Bonchev–Trinajstić information content (AvgIpc) is 3.18. The van der Waals surface area contributed by atoms with E-state index >= 15 is 0 Å². The molecule has 3 aromatic heterocycles. The van der Waals surface area contributed by atoms with Gasteiger partial charge in [-0.05, 0) is 50.6 Å². The third-order valence-corrected chi connectivity index (χ3v) is 4.99. The fraction of sp³-hybridized carbons (Fsp3) is 0.286. The largest absolute Gasteiger partial charge is 0.497 e. The summed E-state index contributed by atoms with van der Waals surface area (Å²) in [5, 5.41) is 5.49. The molecule has 0 spiro atoms. The summed E-state index contributed by atoms with van der Waals surface area (Å²) in [7, 11) is 3.48. The first-order valence-corrected chi connectivity index (χ1v) is 9.03. The first-order valence-electron chi connectivity index (χ1n) is 9.03. The molecule has 0 unspecified atom stereocenters. The van der Waals surface area contributed by atoms with Gasteiger partial charge in [-0.3, -0.25) is 14.0 Å². The van der Waals surface area contributed by atoms with Crippen LogP contribution in [0.1, 0.15) is 22.7 Å². The van der Waals surface area contributed by atoms with Crippen LogP contribution in [0.5, 0.6) is 5.75 Å². The molecule has 0 saturated carbocycles. The van der Waals surface area contributed by atoms with E-state index in [1.54, 1.807) is 22.4 Å². The second-order valence-corrected chi connectivity index (χ2v) is 6.91. The lowest BCUT2D eigenvalue weighted by atomic mass is 10.1. The minimum absolute atomic E-state index is 0.0820. The first-order chi connectivity index (χ1) is 13.4. The highest BCUT2D eigenvalue weighted by molar-refractivity contribution is 5.82. The van der Waals surface area contributed by atoms with E-state index in [0.717, 1.165) is 39.3 Å². The lowest BCUT2D eigenvalue weighted by Gasteiger charge is -2.09. The first kappa shape index (κ1) is 18.0. The summed E-state index contributed by atoms with van der Waals surface area (Å²) in [6.07, 6.45) is 0. The lowest BCUT2D eigenvalue weighted by Crippen LogP contribution is -2.22. The molecule has 0 atom stereocenters. The molecule has 0 aliphatic heterocycles. The van der Waals surface area contributed by atoms with Crippen molar-refractivity contribution in [3.63, 3.8) is 0 Å². The maximum Gasteiger partial charge on any atom is 0.252 e. The third-order valence-electron chi connectivity index (χ3n) is 4.99. The minimum Gasteiger partial charge on any atom is -0.497 e. The van der Waals surface area contributed by atoms with Gasteiger partial charge in [-0.1, -0.05) is 0 Å². The monoisotopic (exact) mass is 378 g/mol. The zero-order valence-electron chi connectivity index (χ0n) is 16.6. The van der Waals surface area contributed by atoms with Crippen molar-refractivity contribution in [3.05, 3.63) is 63.4 Å². The molecule has 144 valence electrons. The number of ether oxygens (including phenoxy) is 1. The van der Waals surface area contributed by atoms with E-state index in [9.17, 15) is 4.79 Å². The van der Waals surface area contributed by atoms with Gasteiger partial charge in [0.25, 0.3) is 5.56 Å². The van der Waals surface area contributed by atoms with Gasteiger partial charge in [0.05, 0.1) is 19.3 Å². The highest BCUT2D eigenvalue weighted by Gasteiger charge is 2.18. The van der Waals surface area contributed by atoms with E-state index in [0.29, 0.717) is 18.2 Å². The predicted octanol–water partition coefficient (Wildman–Crippen LogP) is 3.37. The van der Waals surface area contributed by atoms with Gasteiger partial charge in [0, 0.05) is 24.1 Å². The molecule has 7 nitrogen and oxygen atoms in total. The molecule has 0 fully saturated rings. The summed E-state index contributed by atoms with van der Waals surface area (Å²) in [5.41, 5.74) is 4.11. The summed E-state index contributed by atoms with van der Waals surface area (Å²) in [4.78, 5) is 17.4. The summed E-state index contributed by atoms with van der Waals surface area (Å²) < 4.78 is 14.5. The van der Waals surface area contributed by atoms with Gasteiger partial charge < -0.3 is 9.15 Å². The number of hydrogen-bond acceptors (Lipinski definition) is 5. The second-order valence-electron chi connectivity index (χ2n) is 6.91. The molecule has 0 amide bonds. The molecule has 0 saturated heterocycles. The topological polar surface area (TPSA) is 75.1 Å². The van der Waals surface area contributed by atoms with Crippen LogP contribution in [-0.4, -0.2) is 26.4 Å². The van der Waals surface area contributed by atoms with Crippen molar-refractivity contribution in [2.45, 2.75) is 27.3 Å². The molecule has 0 bridgehead atoms. The lowest BCUT2D eigenvalue weighted by molar-refractivity contribution is 0.415. The van der Waals surface area contributed by atoms with Crippen LogP contribution in [0.2, 0.25) is 0 Å². The predicted molar refractivity (Wildman–Crippen MR) is 107 cm³/mol. The summed E-state index contributed by atoms with van der Waals surface area (Å²) in [6.45, 7) is 6.07. The Hall–Kier alpha value is -3.35. The van der Waals surface area contributed by atoms with Gasteiger partial charge in [-0.15, -0.1) is 0 Å². The maximum atomic E-state index is 12.7. The molecule has 0 aliphatic rings. The third kappa shape index (κ3) is 2.89. The zero-order valence-corrected chi connectivity index (χ0v) is 16.6. The number of nitrogens with zero attached hydrogens (tertiary/aromatic N) is 4. The van der Waals surface area contributed by atoms with Crippen molar-refractivity contribution < 1.29 is 9.15 Å². The highest BCUT2D eigenvalue weighted by Crippen LogP contribution is 2.25. The van der Waals surface area contributed by atoms with Crippen molar-refractivity contribution in [1.82, 2.24) is 19.3 Å². The summed E-state index contributed by atoms with van der Waals surface area (Å²) in [6, 6.07) is 9.17. The van der Waals surface area contributed by atoms with Crippen molar-refractivity contribution in [2.24, 2.45) is 7.05 Å². The van der Waals surface area contributed by atoms with E-state index in [1.807, 2.05) is 52.1 Å². The highest BCUT2D eigenvalue weighted by atomic mass is 16.5. The number of methoxy groups -OCH3 is 1. The molecule has 7 heteroatoms. The van der Waals surface area contributed by atoms with Crippen molar-refractivity contribution in [1.29, 1.82) is 0 Å². The Morgan fingerprint density at radius 1 is 1.14 bits per heavy atom. The fourth-order valence-electron chi connectivity index (χ4n) is 3.59. The van der Waals surface area contributed by atoms with Crippen LogP contribution >= 0.6 is 0 Å². The number of oxazole rings is 1. The van der Waals surface area contributed by atoms with E-state index in [1.165, 1.54) is 0 Å². The fourth-order valence-corrected chi connectivity index (χ4v) is 3.59. The number of pyridine rings is 1. The number of hydrogen-bond donors (Lipinski definition) is 0. The number of benzene rings is 1. The zero-order chi connectivity index (χ0) is 20.0. The number of fused-ring (bicyclic) bond motifs is 1. The second kappa shape index (κ2) is 6.67. The molecule has 28 heavy (non-hydrogen) atoms. The smallest absolute Gasteiger partial charge is 0.252 e. The summed E-state index contributed by atoms with van der Waals surface area (Å²) >= 11 is 0. The Kier molecular flexibility index (Phi) is 4.30. The van der Waals surface area contributed by atoms with E-state index < -0.39 is 0 Å². The Balaban J connectivity index is 1.78. The molecule has 0 radical (unpaired) electrons. The Morgan fingerprint density at radius 2 is 1.86 bits per heavy atom. The van der Waals surface area contributed by atoms with E-state index in [2.05, 4.69) is 10.1 Å². The number of rotatable bonds is 4. The Labute approximate surface area is 162 Å². The molecule has 4 aromatic rings. The van der Waals surface area contributed by atoms with Gasteiger partial charge in [0.1, 0.15) is 22.9 Å². The molecule has 3 heterocycles. The van der Waals surface area contributed by atoms with Gasteiger partial charge in [0.2, 0.25) is 5.89 Å². The summed E-state index contributed by atoms with van der Waals surface area (Å²) in [5.74, 6) is 1.98. The van der Waals surface area contributed by atoms with Crippen LogP contribution < -0.4 is 10.3 Å². The molecular formula is C21H22N4O3. The van der Waals surface area contributed by atoms with Crippen LogP contribution in [-0.2, 0) is 13.6 Å². The number of aryl methyl sites for hydroxylation is 4. The van der Waals surface area contributed by atoms with E-state index in [4.69, 9.17) is 9.15 Å². The average molecular weight is 378 g/mol. The van der Waals surface area contributed by atoms with Crippen molar-refractivity contribution in [2.75, 3.05) is 7.11 Å². The Morgan fingerprint density at radius 3 is 2.54 bits per heavy atom. The molecule has 4 rings (SSSR count). The normalized spacial score (nSPS) is 11.3. The van der Waals surface area contributed by atoms with Gasteiger partial charge in [0.15, 0.2) is 0 Å². The van der Waals surface area contributed by atoms with E-state index in [-0.39, 0.29) is 5.56 Å². The molecule has 0 N–H and O–H groups in total. The quantitative estimate of drug-likeness (QED) is 0.544. The Bertz CT molecular complexity index is 1230. The van der Waals surface area contributed by atoms with Gasteiger partial charge in [-0.25, -0.2) is 4.98 Å². The van der Waals surface area contributed by atoms with Crippen LogP contribution in [0, 0.1) is 20.8 Å². The minimum atomic E-state index is -0.0820. The molecule has 0 aliphatic carbocycles. The number of aromatic nitrogens is 4. The van der Waals surface area contributed by atoms with Crippen LogP contribution in [0.4, 0.5) is 0 Å². The molecular weight excluding hydrogens is 356 g/mol.